The third-order valence-corrected chi connectivity index (χ3v) is 4.74. The Hall–Kier alpha value is -2.68. The number of hydrogen-bond acceptors (Lipinski definition) is 5. The van der Waals surface area contributed by atoms with Gasteiger partial charge in [-0.1, -0.05) is 6.07 Å². The van der Waals surface area contributed by atoms with Gasteiger partial charge >= 0.3 is 6.18 Å². The number of halogens is 3. The number of carbonyl (C=O) groups excluding carboxylic acids is 1. The smallest absolute Gasteiger partial charge is 0.338 e. The van der Waals surface area contributed by atoms with Gasteiger partial charge in [-0.05, 0) is 39.1 Å². The van der Waals surface area contributed by atoms with Crippen molar-refractivity contribution in [3.05, 3.63) is 46.8 Å². The number of rotatable bonds is 3. The molecule has 1 aromatic carbocycles. The van der Waals surface area contributed by atoms with Crippen molar-refractivity contribution in [2.75, 3.05) is 43.4 Å². The summed E-state index contributed by atoms with van der Waals surface area (Å²) in [6, 6.07) is 4.32. The van der Waals surface area contributed by atoms with Gasteiger partial charge in [0, 0.05) is 31.7 Å². The summed E-state index contributed by atoms with van der Waals surface area (Å²) in [6.45, 7) is 6.94. The average Bonchev–Trinajstić information content (AvgIpc) is 2.64. The van der Waals surface area contributed by atoms with Crippen molar-refractivity contribution in [3.8, 4) is 0 Å². The number of likely N-dealkylation sites (N-methyl/N-ethyl adjacent to an activating group) is 1. The molecule has 0 radical (unpaired) electrons. The highest BCUT2D eigenvalue weighted by Gasteiger charge is 2.31. The van der Waals surface area contributed by atoms with Crippen molar-refractivity contribution in [1.82, 2.24) is 14.9 Å². The molecule has 6 nitrogen and oxygen atoms in total. The molecule has 3 rings (SSSR count). The minimum atomic E-state index is -4.50. The Balaban J connectivity index is 1.80. The summed E-state index contributed by atoms with van der Waals surface area (Å²) >= 11 is 0. The fraction of sp³-hybridized carbons (Fsp3) is 0.421. The van der Waals surface area contributed by atoms with Gasteiger partial charge in [-0.25, -0.2) is 9.97 Å². The number of alkyl halides is 3. The Morgan fingerprint density at radius 3 is 2.25 bits per heavy atom. The lowest BCUT2D eigenvalue weighted by Crippen LogP contribution is -2.45. The lowest BCUT2D eigenvalue weighted by atomic mass is 10.1. The van der Waals surface area contributed by atoms with E-state index in [1.165, 1.54) is 12.1 Å². The number of amides is 1. The number of benzene rings is 1. The molecule has 150 valence electrons. The van der Waals surface area contributed by atoms with E-state index in [2.05, 4.69) is 32.1 Å². The maximum absolute atomic E-state index is 12.9. The second kappa shape index (κ2) is 7.75. The molecule has 1 saturated heterocycles. The number of hydrogen-bond donors (Lipinski definition) is 1. The van der Waals surface area contributed by atoms with E-state index in [4.69, 9.17) is 0 Å². The van der Waals surface area contributed by atoms with Gasteiger partial charge in [0.15, 0.2) is 0 Å². The Labute approximate surface area is 161 Å². The minimum Gasteiger partial charge on any atom is -0.338 e. The van der Waals surface area contributed by atoms with Crippen LogP contribution < -0.4 is 10.2 Å². The third kappa shape index (κ3) is 4.41. The first-order valence-electron chi connectivity index (χ1n) is 8.92. The summed E-state index contributed by atoms with van der Waals surface area (Å²) in [5.41, 5.74) is 0.621. The van der Waals surface area contributed by atoms with Crippen LogP contribution in [0.1, 0.15) is 27.3 Å². The van der Waals surface area contributed by atoms with Gasteiger partial charge < -0.3 is 15.1 Å². The van der Waals surface area contributed by atoms with E-state index in [-0.39, 0.29) is 5.56 Å². The third-order valence-electron chi connectivity index (χ3n) is 4.74. The molecule has 28 heavy (non-hydrogen) atoms. The first kappa shape index (κ1) is 20.1. The van der Waals surface area contributed by atoms with Crippen LogP contribution in [0.2, 0.25) is 0 Å². The first-order valence-corrected chi connectivity index (χ1v) is 8.92. The highest BCUT2D eigenvalue weighted by molar-refractivity contribution is 6.05. The number of anilines is 2. The Morgan fingerprint density at radius 1 is 1.07 bits per heavy atom. The van der Waals surface area contributed by atoms with Crippen LogP contribution in [0.25, 0.3) is 0 Å². The largest absolute Gasteiger partial charge is 0.416 e. The number of aromatic nitrogens is 2. The van der Waals surface area contributed by atoms with Crippen molar-refractivity contribution in [1.29, 1.82) is 0 Å². The van der Waals surface area contributed by atoms with Gasteiger partial charge in [0.1, 0.15) is 0 Å². The molecule has 1 amide bonds. The number of carbonyl (C=O) groups is 1. The molecule has 0 spiro atoms. The zero-order valence-electron chi connectivity index (χ0n) is 16.0. The van der Waals surface area contributed by atoms with E-state index < -0.39 is 17.6 Å². The molecule has 9 heteroatoms. The number of aryl methyl sites for hydroxylation is 2. The molecule has 0 aliphatic carbocycles. The standard InChI is InChI=1S/C19H22F3N5O/c1-12-16(13(2)24-18(23-12)27-9-7-26(3)8-10-27)25-17(28)14-5-4-6-15(11-14)19(20,21)22/h4-6,11H,7-10H2,1-3H3,(H,25,28). The maximum atomic E-state index is 12.9. The van der Waals surface area contributed by atoms with Gasteiger partial charge in [-0.15, -0.1) is 0 Å². The lowest BCUT2D eigenvalue weighted by Gasteiger charge is -2.32. The van der Waals surface area contributed by atoms with Crippen LogP contribution in [-0.2, 0) is 6.18 Å². The van der Waals surface area contributed by atoms with Crippen molar-refractivity contribution in [2.24, 2.45) is 0 Å². The second-order valence-electron chi connectivity index (χ2n) is 6.89. The predicted octanol–water partition coefficient (Wildman–Crippen LogP) is 3.12. The van der Waals surface area contributed by atoms with Gasteiger partial charge in [0.2, 0.25) is 5.95 Å². The van der Waals surface area contributed by atoms with Crippen molar-refractivity contribution in [3.63, 3.8) is 0 Å². The molecule has 2 aromatic rings. The Kier molecular flexibility index (Phi) is 5.55. The average molecular weight is 393 g/mol. The predicted molar refractivity (Wildman–Crippen MR) is 101 cm³/mol. The highest BCUT2D eigenvalue weighted by atomic mass is 19.4. The zero-order chi connectivity index (χ0) is 20.5. The molecule has 1 fully saturated rings. The molecule has 1 aromatic heterocycles. The fourth-order valence-corrected chi connectivity index (χ4v) is 3.05. The highest BCUT2D eigenvalue weighted by Crippen LogP contribution is 2.30. The molecular formula is C19H22F3N5O. The van der Waals surface area contributed by atoms with Crippen molar-refractivity contribution in [2.45, 2.75) is 20.0 Å². The van der Waals surface area contributed by atoms with Crippen LogP contribution in [0.5, 0.6) is 0 Å². The Morgan fingerprint density at radius 2 is 1.68 bits per heavy atom. The van der Waals surface area contributed by atoms with Gasteiger partial charge in [0.25, 0.3) is 5.91 Å². The summed E-state index contributed by atoms with van der Waals surface area (Å²) in [5.74, 6) is -0.0339. The molecule has 0 atom stereocenters. The van der Waals surface area contributed by atoms with Gasteiger partial charge in [-0.2, -0.15) is 13.2 Å². The summed E-state index contributed by atoms with van der Waals surface area (Å²) in [5, 5.41) is 2.65. The molecule has 2 heterocycles. The van der Waals surface area contributed by atoms with Crippen molar-refractivity contribution < 1.29 is 18.0 Å². The summed E-state index contributed by atoms with van der Waals surface area (Å²) in [4.78, 5) is 25.7. The summed E-state index contributed by atoms with van der Waals surface area (Å²) in [7, 11) is 2.06. The summed E-state index contributed by atoms with van der Waals surface area (Å²) < 4.78 is 38.6. The van der Waals surface area contributed by atoms with E-state index >= 15 is 0 Å². The van der Waals surface area contributed by atoms with Gasteiger partial charge in [-0.3, -0.25) is 4.79 Å². The second-order valence-corrected chi connectivity index (χ2v) is 6.89. The normalized spacial score (nSPS) is 15.6. The van der Waals surface area contributed by atoms with Gasteiger partial charge in [0.05, 0.1) is 22.6 Å². The van der Waals surface area contributed by atoms with Crippen LogP contribution in [-0.4, -0.2) is 54.0 Å². The van der Waals surface area contributed by atoms with Crippen LogP contribution in [0.3, 0.4) is 0 Å². The Bertz CT molecular complexity index is 853. The van der Waals surface area contributed by atoms with E-state index in [0.29, 0.717) is 23.0 Å². The molecule has 1 aliphatic heterocycles. The SMILES string of the molecule is Cc1nc(N2CCN(C)CC2)nc(C)c1NC(=O)c1cccc(C(F)(F)F)c1. The molecule has 0 saturated carbocycles. The topological polar surface area (TPSA) is 61.4 Å². The maximum Gasteiger partial charge on any atom is 0.416 e. The number of nitrogens with one attached hydrogen (secondary N) is 1. The zero-order valence-corrected chi connectivity index (χ0v) is 16.0. The molecule has 0 unspecified atom stereocenters. The van der Waals surface area contributed by atoms with E-state index in [9.17, 15) is 18.0 Å². The van der Waals surface area contributed by atoms with Crippen LogP contribution in [0.15, 0.2) is 24.3 Å². The molecule has 1 aliphatic rings. The molecule has 1 N–H and O–H groups in total. The van der Waals surface area contributed by atoms with Crippen molar-refractivity contribution >= 4 is 17.5 Å². The fourth-order valence-electron chi connectivity index (χ4n) is 3.05. The van der Waals surface area contributed by atoms with E-state index in [0.717, 1.165) is 38.3 Å². The quantitative estimate of drug-likeness (QED) is 0.868. The molecular weight excluding hydrogens is 371 g/mol. The molecule has 0 bridgehead atoms. The van der Waals surface area contributed by atoms with Crippen LogP contribution >= 0.6 is 0 Å². The lowest BCUT2D eigenvalue weighted by molar-refractivity contribution is -0.137. The number of piperazine rings is 1. The minimum absolute atomic E-state index is 0.0724. The summed E-state index contributed by atoms with van der Waals surface area (Å²) in [6.07, 6.45) is -4.50. The monoisotopic (exact) mass is 393 g/mol. The van der Waals surface area contributed by atoms with E-state index in [1.807, 2.05) is 0 Å². The number of nitrogens with zero attached hydrogens (tertiary/aromatic N) is 4. The van der Waals surface area contributed by atoms with Crippen LogP contribution in [0, 0.1) is 13.8 Å². The first-order chi connectivity index (χ1) is 13.1. The van der Waals surface area contributed by atoms with Crippen LogP contribution in [0.4, 0.5) is 24.8 Å². The van der Waals surface area contributed by atoms with E-state index in [1.54, 1.807) is 13.8 Å².